The van der Waals surface area contributed by atoms with E-state index in [1.807, 2.05) is 6.20 Å². The minimum absolute atomic E-state index is 0. The van der Waals surface area contributed by atoms with Crippen LogP contribution in [0.3, 0.4) is 0 Å². The summed E-state index contributed by atoms with van der Waals surface area (Å²) >= 11 is 0. The summed E-state index contributed by atoms with van der Waals surface area (Å²) < 4.78 is 2.30. The van der Waals surface area contributed by atoms with Crippen LogP contribution in [0.15, 0.2) is 48.8 Å². The fourth-order valence-corrected chi connectivity index (χ4v) is 2.91. The van der Waals surface area contributed by atoms with E-state index < -0.39 is 0 Å². The number of halogens is 1. The Balaban J connectivity index is 0.00000110. The van der Waals surface area contributed by atoms with Crippen molar-refractivity contribution in [3.63, 3.8) is 0 Å². The molecular weight excluding hydrogens is 347 g/mol. The zero-order valence-electron chi connectivity index (χ0n) is 10.6. The van der Waals surface area contributed by atoms with Gasteiger partial charge in [0.05, 0.1) is 16.6 Å². The molecule has 1 aliphatic carbocycles. The quantitative estimate of drug-likeness (QED) is 0.350. The third-order valence-electron chi connectivity index (χ3n) is 3.72. The molecule has 3 heteroatoms. The van der Waals surface area contributed by atoms with Crippen molar-refractivity contribution in [3.05, 3.63) is 48.8 Å². The first kappa shape index (κ1) is 12.5. The molecule has 0 N–H and O–H groups in total. The number of fused-ring (bicyclic) bond motifs is 3. The number of aryl methyl sites for hydroxylation is 1. The van der Waals surface area contributed by atoms with E-state index in [2.05, 4.69) is 59.1 Å². The van der Waals surface area contributed by atoms with Gasteiger partial charge in [0, 0.05) is 17.8 Å². The molecule has 3 aromatic rings. The van der Waals surface area contributed by atoms with Crippen molar-refractivity contribution >= 4 is 10.8 Å². The van der Waals surface area contributed by atoms with Gasteiger partial charge < -0.3 is 24.0 Å². The molecule has 0 atom stereocenters. The molecule has 0 spiro atoms. The second-order valence-corrected chi connectivity index (χ2v) is 4.62. The molecule has 19 heavy (non-hydrogen) atoms. The summed E-state index contributed by atoms with van der Waals surface area (Å²) in [5, 5.41) is 2.57. The van der Waals surface area contributed by atoms with Gasteiger partial charge in [-0.2, -0.15) is 4.57 Å². The van der Waals surface area contributed by atoms with Gasteiger partial charge >= 0.3 is 0 Å². The average Bonchev–Trinajstić information content (AvgIpc) is 2.77. The molecule has 2 aromatic heterocycles. The van der Waals surface area contributed by atoms with Gasteiger partial charge in [-0.1, -0.05) is 18.2 Å². The SMILES string of the molecule is CC[n+]1ccc2ccnc3c2c1-c1ccccc1-3.[I-]. The van der Waals surface area contributed by atoms with Gasteiger partial charge in [0.2, 0.25) is 5.69 Å². The first-order valence-corrected chi connectivity index (χ1v) is 6.31. The average molecular weight is 360 g/mol. The van der Waals surface area contributed by atoms with E-state index in [1.165, 1.54) is 27.6 Å². The molecule has 94 valence electrons. The lowest BCUT2D eigenvalue weighted by Crippen LogP contribution is -3.00. The van der Waals surface area contributed by atoms with Crippen molar-refractivity contribution in [1.82, 2.24) is 4.98 Å². The lowest BCUT2D eigenvalue weighted by atomic mass is 10.1. The van der Waals surface area contributed by atoms with E-state index in [4.69, 9.17) is 0 Å². The molecule has 0 fully saturated rings. The molecule has 2 nitrogen and oxygen atoms in total. The van der Waals surface area contributed by atoms with Gasteiger partial charge in [-0.3, -0.25) is 4.98 Å². The Hall–Kier alpha value is -1.49. The van der Waals surface area contributed by atoms with Crippen molar-refractivity contribution in [2.24, 2.45) is 0 Å². The predicted molar refractivity (Wildman–Crippen MR) is 72.0 cm³/mol. The number of nitrogens with zero attached hydrogens (tertiary/aromatic N) is 2. The van der Waals surface area contributed by atoms with Crippen LogP contribution in [0.1, 0.15) is 6.92 Å². The van der Waals surface area contributed by atoms with Crippen LogP contribution in [0.4, 0.5) is 0 Å². The number of rotatable bonds is 1. The molecule has 2 heterocycles. The van der Waals surface area contributed by atoms with E-state index in [1.54, 1.807) is 0 Å². The number of aromatic nitrogens is 2. The van der Waals surface area contributed by atoms with Crippen LogP contribution in [-0.4, -0.2) is 4.98 Å². The Morgan fingerprint density at radius 2 is 1.84 bits per heavy atom. The molecule has 0 radical (unpaired) electrons. The van der Waals surface area contributed by atoms with E-state index in [-0.39, 0.29) is 24.0 Å². The lowest BCUT2D eigenvalue weighted by molar-refractivity contribution is -0.681. The fraction of sp³-hybridized carbons (Fsp3) is 0.125. The van der Waals surface area contributed by atoms with Crippen molar-refractivity contribution in [2.75, 3.05) is 0 Å². The van der Waals surface area contributed by atoms with Crippen molar-refractivity contribution in [1.29, 1.82) is 0 Å². The molecule has 1 aliphatic rings. The van der Waals surface area contributed by atoms with Crippen molar-refractivity contribution < 1.29 is 28.5 Å². The Morgan fingerprint density at radius 3 is 2.63 bits per heavy atom. The summed E-state index contributed by atoms with van der Waals surface area (Å²) in [7, 11) is 0. The summed E-state index contributed by atoms with van der Waals surface area (Å²) in [6.45, 7) is 3.16. The van der Waals surface area contributed by atoms with E-state index in [0.717, 1.165) is 12.2 Å². The van der Waals surface area contributed by atoms with E-state index >= 15 is 0 Å². The van der Waals surface area contributed by atoms with Crippen molar-refractivity contribution in [2.45, 2.75) is 13.5 Å². The molecule has 0 saturated carbocycles. The molecular formula is C16H13IN2. The van der Waals surface area contributed by atoms with Crippen LogP contribution in [0, 0.1) is 0 Å². The minimum atomic E-state index is 0. The molecule has 0 aliphatic heterocycles. The highest BCUT2D eigenvalue weighted by Crippen LogP contribution is 2.43. The number of benzene rings is 1. The minimum Gasteiger partial charge on any atom is -1.00 e. The smallest absolute Gasteiger partial charge is 0.223 e. The predicted octanol–water partition coefficient (Wildman–Crippen LogP) is 0.194. The Morgan fingerprint density at radius 1 is 1.05 bits per heavy atom. The topological polar surface area (TPSA) is 16.8 Å². The van der Waals surface area contributed by atoms with Crippen LogP contribution >= 0.6 is 0 Å². The number of pyridine rings is 2. The Bertz CT molecular complexity index is 781. The highest BCUT2D eigenvalue weighted by Gasteiger charge is 2.29. The normalized spacial score (nSPS) is 11.2. The highest BCUT2D eigenvalue weighted by atomic mass is 127. The zero-order valence-corrected chi connectivity index (χ0v) is 12.8. The van der Waals surface area contributed by atoms with Gasteiger partial charge in [0.15, 0.2) is 6.20 Å². The standard InChI is InChI=1S/C16H13N2.HI/c1-2-18-10-8-11-7-9-17-15-12-5-3-4-6-13(12)16(18)14(11)15;/h3-10H,2H2,1H3;1H/q+1;/p-1. The summed E-state index contributed by atoms with van der Waals surface area (Å²) in [5.74, 6) is 0. The second kappa shape index (κ2) is 4.56. The highest BCUT2D eigenvalue weighted by molar-refractivity contribution is 6.11. The lowest BCUT2D eigenvalue weighted by Gasteiger charge is -2.01. The van der Waals surface area contributed by atoms with Crippen molar-refractivity contribution in [3.8, 4) is 22.5 Å². The molecule has 1 aromatic carbocycles. The second-order valence-electron chi connectivity index (χ2n) is 4.62. The van der Waals surface area contributed by atoms with Crippen LogP contribution in [0.25, 0.3) is 33.3 Å². The van der Waals surface area contributed by atoms with Gasteiger partial charge in [0.25, 0.3) is 0 Å². The van der Waals surface area contributed by atoms with E-state index in [0.29, 0.717) is 0 Å². The summed E-state index contributed by atoms with van der Waals surface area (Å²) in [4.78, 5) is 4.58. The summed E-state index contributed by atoms with van der Waals surface area (Å²) in [6, 6.07) is 12.8. The molecule has 0 bridgehead atoms. The molecule has 0 amide bonds. The van der Waals surface area contributed by atoms with Gasteiger partial charge in [0.1, 0.15) is 6.54 Å². The fourth-order valence-electron chi connectivity index (χ4n) is 2.91. The Labute approximate surface area is 129 Å². The monoisotopic (exact) mass is 360 g/mol. The molecule has 0 unspecified atom stereocenters. The summed E-state index contributed by atoms with van der Waals surface area (Å²) in [5.41, 5.74) is 5.00. The van der Waals surface area contributed by atoms with Gasteiger partial charge in [-0.25, -0.2) is 0 Å². The van der Waals surface area contributed by atoms with Crippen LogP contribution < -0.4 is 28.5 Å². The molecule has 0 saturated heterocycles. The van der Waals surface area contributed by atoms with Crippen LogP contribution in [-0.2, 0) is 6.54 Å². The maximum Gasteiger partial charge on any atom is 0.223 e. The number of hydrogen-bond donors (Lipinski definition) is 0. The maximum absolute atomic E-state index is 4.58. The third kappa shape index (κ3) is 1.61. The number of hydrogen-bond acceptors (Lipinski definition) is 1. The first-order valence-electron chi connectivity index (χ1n) is 6.31. The third-order valence-corrected chi connectivity index (χ3v) is 3.72. The maximum atomic E-state index is 4.58. The van der Waals surface area contributed by atoms with Gasteiger partial charge in [-0.05, 0) is 24.4 Å². The molecule has 4 rings (SSSR count). The first-order chi connectivity index (χ1) is 8.90. The largest absolute Gasteiger partial charge is 1.00 e. The van der Waals surface area contributed by atoms with Crippen LogP contribution in [0.2, 0.25) is 0 Å². The van der Waals surface area contributed by atoms with E-state index in [9.17, 15) is 0 Å². The van der Waals surface area contributed by atoms with Crippen LogP contribution in [0.5, 0.6) is 0 Å². The summed E-state index contributed by atoms with van der Waals surface area (Å²) in [6.07, 6.45) is 4.07. The zero-order chi connectivity index (χ0) is 12.1. The van der Waals surface area contributed by atoms with Gasteiger partial charge in [-0.15, -0.1) is 0 Å². The Kier molecular flexibility index (Phi) is 3.01.